The van der Waals surface area contributed by atoms with Gasteiger partial charge >= 0.3 is 0 Å². The molecule has 4 aromatic rings. The van der Waals surface area contributed by atoms with Gasteiger partial charge < -0.3 is 9.47 Å². The smallest absolute Gasteiger partial charge is 0.254 e. The van der Waals surface area contributed by atoms with E-state index in [-0.39, 0.29) is 0 Å². The van der Waals surface area contributed by atoms with Crippen LogP contribution in [0.15, 0.2) is 59.1 Å². The molecular formula is C26H24BrN2O2+. The molecule has 0 N–H and O–H groups in total. The summed E-state index contributed by atoms with van der Waals surface area (Å²) in [5.74, 6) is 3.37. The quantitative estimate of drug-likeness (QED) is 0.389. The average Bonchev–Trinajstić information content (AvgIpc) is 3.50. The zero-order chi connectivity index (χ0) is 20.9. The lowest BCUT2D eigenvalue weighted by atomic mass is 9.99. The first-order valence-electron chi connectivity index (χ1n) is 10.8. The molecule has 6 rings (SSSR count). The van der Waals surface area contributed by atoms with Crippen molar-refractivity contribution in [2.75, 3.05) is 13.2 Å². The van der Waals surface area contributed by atoms with E-state index in [1.165, 1.54) is 39.1 Å². The normalized spacial score (nSPS) is 14.4. The van der Waals surface area contributed by atoms with E-state index in [0.717, 1.165) is 55.1 Å². The van der Waals surface area contributed by atoms with E-state index in [1.807, 2.05) is 0 Å². The molecule has 0 spiro atoms. The van der Waals surface area contributed by atoms with Gasteiger partial charge in [0.05, 0.1) is 13.2 Å². The monoisotopic (exact) mass is 475 g/mol. The summed E-state index contributed by atoms with van der Waals surface area (Å²) in [6.07, 6.45) is 1.92. The Morgan fingerprint density at radius 2 is 1.81 bits per heavy atom. The summed E-state index contributed by atoms with van der Waals surface area (Å²) in [5.41, 5.74) is 7.66. The fraction of sp³-hybridized carbons (Fsp3) is 0.269. The van der Waals surface area contributed by atoms with Crippen molar-refractivity contribution in [2.45, 2.75) is 32.9 Å². The van der Waals surface area contributed by atoms with Crippen LogP contribution < -0.4 is 14.0 Å². The van der Waals surface area contributed by atoms with Gasteiger partial charge in [0.1, 0.15) is 24.6 Å². The van der Waals surface area contributed by atoms with Crippen LogP contribution in [-0.4, -0.2) is 17.8 Å². The minimum Gasteiger partial charge on any atom is -0.493 e. The maximum atomic E-state index is 6.12. The number of fused-ring (bicyclic) bond motifs is 3. The van der Waals surface area contributed by atoms with Crippen molar-refractivity contribution < 1.29 is 14.0 Å². The summed E-state index contributed by atoms with van der Waals surface area (Å²) in [6, 6.07) is 19.3. The Hall–Kier alpha value is -2.79. The first kappa shape index (κ1) is 18.9. The molecule has 0 radical (unpaired) electrons. The minimum atomic E-state index is 0.763. The lowest BCUT2D eigenvalue weighted by Crippen LogP contribution is -2.37. The lowest BCUT2D eigenvalue weighted by molar-refractivity contribution is -0.669. The van der Waals surface area contributed by atoms with Crippen LogP contribution in [0.5, 0.6) is 11.5 Å². The van der Waals surface area contributed by atoms with Crippen LogP contribution in [-0.2, 0) is 25.9 Å². The molecular weight excluding hydrogens is 452 g/mol. The lowest BCUT2D eigenvalue weighted by Gasteiger charge is -2.12. The summed E-state index contributed by atoms with van der Waals surface area (Å²) in [7, 11) is 0. The molecule has 156 valence electrons. The third kappa shape index (κ3) is 3.06. The average molecular weight is 476 g/mol. The van der Waals surface area contributed by atoms with Gasteiger partial charge in [0.15, 0.2) is 11.0 Å². The molecule has 5 heteroatoms. The number of ether oxygens (including phenoxy) is 2. The number of hydrogen-bond acceptors (Lipinski definition) is 2. The van der Waals surface area contributed by atoms with Crippen LogP contribution in [0.2, 0.25) is 0 Å². The highest BCUT2D eigenvalue weighted by Gasteiger charge is 2.30. The van der Waals surface area contributed by atoms with E-state index in [4.69, 9.17) is 9.47 Å². The van der Waals surface area contributed by atoms with Crippen LogP contribution >= 0.6 is 15.9 Å². The largest absolute Gasteiger partial charge is 0.493 e. The second-order valence-electron chi connectivity index (χ2n) is 8.32. The highest BCUT2D eigenvalue weighted by atomic mass is 79.9. The molecule has 3 aromatic carbocycles. The van der Waals surface area contributed by atoms with E-state index >= 15 is 0 Å². The third-order valence-electron chi connectivity index (χ3n) is 6.61. The molecule has 31 heavy (non-hydrogen) atoms. The van der Waals surface area contributed by atoms with Crippen molar-refractivity contribution in [1.29, 1.82) is 0 Å². The number of rotatable bonds is 4. The van der Waals surface area contributed by atoms with Crippen molar-refractivity contribution >= 4 is 27.0 Å². The van der Waals surface area contributed by atoms with E-state index < -0.39 is 0 Å². The maximum Gasteiger partial charge on any atom is 0.254 e. The maximum absolute atomic E-state index is 6.12. The van der Waals surface area contributed by atoms with Crippen molar-refractivity contribution in [2.24, 2.45) is 0 Å². The van der Waals surface area contributed by atoms with Crippen molar-refractivity contribution in [3.05, 3.63) is 87.1 Å². The molecule has 2 aliphatic heterocycles. The zero-order valence-corrected chi connectivity index (χ0v) is 19.1. The van der Waals surface area contributed by atoms with E-state index in [2.05, 4.69) is 86.6 Å². The number of benzene rings is 3. The molecule has 4 nitrogen and oxygen atoms in total. The van der Waals surface area contributed by atoms with Crippen LogP contribution in [0.4, 0.5) is 0 Å². The summed E-state index contributed by atoms with van der Waals surface area (Å²) < 4.78 is 18.0. The topological polar surface area (TPSA) is 27.3 Å². The Balaban J connectivity index is 1.50. The van der Waals surface area contributed by atoms with E-state index in [0.29, 0.717) is 0 Å². The number of halogens is 1. The Morgan fingerprint density at radius 3 is 2.71 bits per heavy atom. The molecule has 3 heterocycles. The third-order valence-corrected chi connectivity index (χ3v) is 7.38. The number of nitrogens with zero attached hydrogens (tertiary/aromatic N) is 2. The predicted molar refractivity (Wildman–Crippen MR) is 124 cm³/mol. The SMILES string of the molecule is Cc1n(Cc2c3c(cc4c2OCC4)OCC3)c2ccccc2[n+]1Cc1ccccc1Br. The molecule has 2 aliphatic rings. The Labute approximate surface area is 190 Å². The number of imidazole rings is 1. The van der Waals surface area contributed by atoms with Crippen molar-refractivity contribution in [3.63, 3.8) is 0 Å². The highest BCUT2D eigenvalue weighted by molar-refractivity contribution is 9.10. The number of hydrogen-bond donors (Lipinski definition) is 0. The molecule has 0 bridgehead atoms. The fourth-order valence-electron chi connectivity index (χ4n) is 5.02. The number of aromatic nitrogens is 2. The van der Waals surface area contributed by atoms with Crippen LogP contribution in [0.25, 0.3) is 11.0 Å². The van der Waals surface area contributed by atoms with Gasteiger partial charge in [0.2, 0.25) is 0 Å². The standard InChI is InChI=1S/C26H24BrN2O2/c1-17-28(15-19-6-2-3-7-22(19)27)23-8-4-5-9-24(23)29(17)16-21-20-11-13-30-25(20)14-18-10-12-31-26(18)21/h2-9,14H,10-13,15-16H2,1H3/q+1. The highest BCUT2D eigenvalue weighted by Crippen LogP contribution is 2.41. The first-order valence-corrected chi connectivity index (χ1v) is 11.6. The van der Waals surface area contributed by atoms with Crippen molar-refractivity contribution in [3.8, 4) is 11.5 Å². The van der Waals surface area contributed by atoms with E-state index in [9.17, 15) is 0 Å². The predicted octanol–water partition coefficient (Wildman–Crippen LogP) is 4.97. The second-order valence-corrected chi connectivity index (χ2v) is 9.17. The second kappa shape index (κ2) is 7.41. The zero-order valence-electron chi connectivity index (χ0n) is 17.5. The Morgan fingerprint density at radius 1 is 1.00 bits per heavy atom. The molecule has 0 amide bonds. The molecule has 0 atom stereocenters. The molecule has 0 unspecified atom stereocenters. The number of para-hydroxylation sites is 2. The van der Waals surface area contributed by atoms with Gasteiger partial charge in [-0.2, -0.15) is 0 Å². The summed E-state index contributed by atoms with van der Waals surface area (Å²) in [6.45, 7) is 5.37. The van der Waals surface area contributed by atoms with Gasteiger partial charge in [0.25, 0.3) is 5.82 Å². The van der Waals surface area contributed by atoms with Gasteiger partial charge in [-0.15, -0.1) is 0 Å². The Bertz CT molecular complexity index is 1290. The first-order chi connectivity index (χ1) is 15.2. The van der Waals surface area contributed by atoms with Crippen LogP contribution in [0, 0.1) is 6.92 Å². The van der Waals surface area contributed by atoms with Crippen LogP contribution in [0.3, 0.4) is 0 Å². The van der Waals surface area contributed by atoms with Gasteiger partial charge in [-0.05, 0) is 24.3 Å². The van der Waals surface area contributed by atoms with Gasteiger partial charge in [-0.1, -0.05) is 46.3 Å². The fourth-order valence-corrected chi connectivity index (χ4v) is 5.43. The Kier molecular flexibility index (Phi) is 4.53. The minimum absolute atomic E-state index is 0.763. The summed E-state index contributed by atoms with van der Waals surface area (Å²) >= 11 is 3.72. The molecule has 0 saturated heterocycles. The van der Waals surface area contributed by atoms with Crippen molar-refractivity contribution in [1.82, 2.24) is 4.57 Å². The van der Waals surface area contributed by atoms with Gasteiger partial charge in [0, 0.05) is 46.5 Å². The summed E-state index contributed by atoms with van der Waals surface area (Å²) in [4.78, 5) is 0. The molecule has 1 aromatic heterocycles. The molecule has 0 fully saturated rings. The van der Waals surface area contributed by atoms with Gasteiger partial charge in [-0.3, -0.25) is 0 Å². The molecule has 0 aliphatic carbocycles. The van der Waals surface area contributed by atoms with Gasteiger partial charge in [-0.25, -0.2) is 9.13 Å². The molecule has 0 saturated carbocycles. The summed E-state index contributed by atoms with van der Waals surface area (Å²) in [5, 5.41) is 0. The van der Waals surface area contributed by atoms with Crippen LogP contribution in [0.1, 0.15) is 28.1 Å². The van der Waals surface area contributed by atoms with E-state index in [1.54, 1.807) is 0 Å².